The fourth-order valence-electron chi connectivity index (χ4n) is 1.96. The van der Waals surface area contributed by atoms with Gasteiger partial charge in [0.25, 0.3) is 0 Å². The molecule has 2 amide bonds. The number of carboxylic acids is 1. The molecule has 2 atom stereocenters. The molecule has 0 spiro atoms. The van der Waals surface area contributed by atoms with Crippen LogP contribution in [0.2, 0.25) is 0 Å². The smallest absolute Gasteiger partial charge is 0.317 e. The average Bonchev–Trinajstić information content (AvgIpc) is 2.79. The van der Waals surface area contributed by atoms with Crippen molar-refractivity contribution in [2.75, 3.05) is 13.1 Å². The van der Waals surface area contributed by atoms with Gasteiger partial charge in [0.1, 0.15) is 12.2 Å². The number of nitrogens with zero attached hydrogens (tertiary/aromatic N) is 3. The molecule has 1 saturated heterocycles. The van der Waals surface area contributed by atoms with Crippen LogP contribution in [-0.2, 0) is 4.79 Å². The highest BCUT2D eigenvalue weighted by Crippen LogP contribution is 2.24. The molecular formula is C11H17N5O3. The van der Waals surface area contributed by atoms with Gasteiger partial charge in [-0.3, -0.25) is 9.89 Å². The van der Waals surface area contributed by atoms with Crippen LogP contribution in [0.1, 0.15) is 25.7 Å². The molecule has 0 aromatic carbocycles. The van der Waals surface area contributed by atoms with E-state index in [1.165, 1.54) is 6.33 Å². The van der Waals surface area contributed by atoms with Crippen LogP contribution in [0.25, 0.3) is 0 Å². The van der Waals surface area contributed by atoms with Crippen LogP contribution in [0.5, 0.6) is 0 Å². The molecule has 0 saturated carbocycles. The highest BCUT2D eigenvalue weighted by Gasteiger charge is 2.37. The summed E-state index contributed by atoms with van der Waals surface area (Å²) in [5.74, 6) is -0.621. The summed E-state index contributed by atoms with van der Waals surface area (Å²) in [5, 5.41) is 18.1. The van der Waals surface area contributed by atoms with Gasteiger partial charge in [0.05, 0.1) is 12.0 Å². The number of carbonyl (C=O) groups is 2. The van der Waals surface area contributed by atoms with E-state index in [9.17, 15) is 9.59 Å². The Labute approximate surface area is 110 Å². The van der Waals surface area contributed by atoms with Crippen molar-refractivity contribution in [2.24, 2.45) is 11.8 Å². The Balaban J connectivity index is 1.79. The minimum absolute atomic E-state index is 0.0313. The Bertz CT molecular complexity index is 455. The lowest BCUT2D eigenvalue weighted by Crippen LogP contribution is -2.56. The first kappa shape index (κ1) is 13.3. The molecule has 8 nitrogen and oxygen atoms in total. The number of hydrogen-bond donors (Lipinski definition) is 3. The quantitative estimate of drug-likeness (QED) is 0.723. The zero-order valence-electron chi connectivity index (χ0n) is 10.8. The summed E-state index contributed by atoms with van der Waals surface area (Å²) in [6.07, 6.45) is 1.38. The van der Waals surface area contributed by atoms with Crippen molar-refractivity contribution in [2.45, 2.75) is 19.9 Å². The van der Waals surface area contributed by atoms with E-state index in [4.69, 9.17) is 5.11 Å². The van der Waals surface area contributed by atoms with E-state index < -0.39 is 11.9 Å². The third-order valence-electron chi connectivity index (χ3n) is 3.48. The van der Waals surface area contributed by atoms with E-state index in [2.05, 4.69) is 20.5 Å². The SMILES string of the molecule is CC(NC(=O)N1CC(C(C)C(=O)O)C1)c1ncn[nH]1. The van der Waals surface area contributed by atoms with Gasteiger partial charge in [-0.2, -0.15) is 5.10 Å². The number of rotatable bonds is 4. The molecule has 0 aliphatic carbocycles. The fourth-order valence-corrected chi connectivity index (χ4v) is 1.96. The number of hydrogen-bond acceptors (Lipinski definition) is 4. The molecule has 1 aromatic rings. The number of aromatic amines is 1. The standard InChI is InChI=1S/C11H17N5O3/c1-6(10(17)18)8-3-16(4-8)11(19)14-7(2)9-12-5-13-15-9/h5-8H,3-4H2,1-2H3,(H,14,19)(H,17,18)(H,12,13,15). The first-order valence-electron chi connectivity index (χ1n) is 6.12. The fraction of sp³-hybridized carbons (Fsp3) is 0.636. The summed E-state index contributed by atoms with van der Waals surface area (Å²) in [6, 6.07) is -0.469. The Hall–Kier alpha value is -2.12. The molecule has 2 unspecified atom stereocenters. The van der Waals surface area contributed by atoms with Crippen LogP contribution < -0.4 is 5.32 Å². The van der Waals surface area contributed by atoms with Gasteiger partial charge in [-0.15, -0.1) is 0 Å². The Morgan fingerprint density at radius 3 is 2.74 bits per heavy atom. The lowest BCUT2D eigenvalue weighted by atomic mass is 9.87. The number of carbonyl (C=O) groups excluding carboxylic acids is 1. The molecule has 8 heteroatoms. The van der Waals surface area contributed by atoms with Crippen molar-refractivity contribution in [1.29, 1.82) is 0 Å². The molecule has 1 aliphatic rings. The van der Waals surface area contributed by atoms with Gasteiger partial charge in [0, 0.05) is 19.0 Å². The minimum Gasteiger partial charge on any atom is -0.481 e. The van der Waals surface area contributed by atoms with Crippen LogP contribution in [0.3, 0.4) is 0 Å². The Morgan fingerprint density at radius 1 is 1.53 bits per heavy atom. The van der Waals surface area contributed by atoms with Gasteiger partial charge in [0.2, 0.25) is 0 Å². The number of nitrogens with one attached hydrogen (secondary N) is 2. The summed E-state index contributed by atoms with van der Waals surface area (Å²) in [5.41, 5.74) is 0. The van der Waals surface area contributed by atoms with E-state index >= 15 is 0 Å². The molecule has 19 heavy (non-hydrogen) atoms. The highest BCUT2D eigenvalue weighted by atomic mass is 16.4. The van der Waals surface area contributed by atoms with E-state index in [1.54, 1.807) is 18.7 Å². The lowest BCUT2D eigenvalue weighted by Gasteiger charge is -2.41. The number of aliphatic carboxylic acids is 1. The van der Waals surface area contributed by atoms with Crippen molar-refractivity contribution < 1.29 is 14.7 Å². The van der Waals surface area contributed by atoms with Gasteiger partial charge < -0.3 is 15.3 Å². The van der Waals surface area contributed by atoms with Crippen molar-refractivity contribution in [3.63, 3.8) is 0 Å². The highest BCUT2D eigenvalue weighted by molar-refractivity contribution is 5.76. The van der Waals surface area contributed by atoms with Crippen molar-refractivity contribution in [1.82, 2.24) is 25.4 Å². The molecule has 2 heterocycles. The molecule has 0 bridgehead atoms. The van der Waals surface area contributed by atoms with Gasteiger partial charge >= 0.3 is 12.0 Å². The maximum atomic E-state index is 11.9. The average molecular weight is 267 g/mol. The summed E-state index contributed by atoms with van der Waals surface area (Å²) in [4.78, 5) is 28.2. The van der Waals surface area contributed by atoms with E-state index in [0.717, 1.165) is 0 Å². The minimum atomic E-state index is -0.819. The Morgan fingerprint density at radius 2 is 2.21 bits per heavy atom. The van der Waals surface area contributed by atoms with Crippen LogP contribution in [0.4, 0.5) is 4.79 Å². The predicted molar refractivity (Wildman–Crippen MR) is 65.2 cm³/mol. The summed E-state index contributed by atoms with van der Waals surface area (Å²) in [7, 11) is 0. The second-order valence-electron chi connectivity index (χ2n) is 4.83. The number of likely N-dealkylation sites (tertiary alicyclic amines) is 1. The van der Waals surface area contributed by atoms with E-state index in [1.807, 2.05) is 0 Å². The maximum absolute atomic E-state index is 11.9. The zero-order valence-corrected chi connectivity index (χ0v) is 10.8. The van der Waals surface area contributed by atoms with Crippen LogP contribution in [0, 0.1) is 11.8 Å². The third kappa shape index (κ3) is 2.83. The summed E-state index contributed by atoms with van der Waals surface area (Å²) in [6.45, 7) is 4.42. The molecule has 1 aliphatic heterocycles. The van der Waals surface area contributed by atoms with Crippen LogP contribution >= 0.6 is 0 Å². The van der Waals surface area contributed by atoms with Crippen molar-refractivity contribution in [3.8, 4) is 0 Å². The number of carboxylic acid groups (broad SMARTS) is 1. The van der Waals surface area contributed by atoms with Crippen LogP contribution in [-0.4, -0.2) is 50.3 Å². The molecule has 3 N–H and O–H groups in total. The molecular weight excluding hydrogens is 250 g/mol. The number of H-pyrrole nitrogens is 1. The van der Waals surface area contributed by atoms with Crippen molar-refractivity contribution >= 4 is 12.0 Å². The molecule has 1 fully saturated rings. The van der Waals surface area contributed by atoms with Crippen molar-refractivity contribution in [3.05, 3.63) is 12.2 Å². The largest absolute Gasteiger partial charge is 0.481 e. The molecule has 2 rings (SSSR count). The van der Waals surface area contributed by atoms with E-state index in [-0.39, 0.29) is 18.0 Å². The molecule has 104 valence electrons. The van der Waals surface area contributed by atoms with E-state index in [0.29, 0.717) is 18.9 Å². The monoisotopic (exact) mass is 267 g/mol. The Kier molecular flexibility index (Phi) is 3.68. The predicted octanol–water partition coefficient (Wildman–Crippen LogP) is 0.228. The molecule has 0 radical (unpaired) electrons. The molecule has 1 aromatic heterocycles. The number of urea groups is 1. The third-order valence-corrected chi connectivity index (χ3v) is 3.48. The maximum Gasteiger partial charge on any atom is 0.317 e. The number of amides is 2. The van der Waals surface area contributed by atoms with Gasteiger partial charge in [-0.1, -0.05) is 6.92 Å². The first-order chi connectivity index (χ1) is 8.99. The normalized spacial score (nSPS) is 18.5. The second-order valence-corrected chi connectivity index (χ2v) is 4.83. The summed E-state index contributed by atoms with van der Waals surface area (Å²) >= 11 is 0. The van der Waals surface area contributed by atoms with Gasteiger partial charge in [-0.05, 0) is 6.92 Å². The first-order valence-corrected chi connectivity index (χ1v) is 6.12. The second kappa shape index (κ2) is 5.25. The zero-order chi connectivity index (χ0) is 14.0. The summed E-state index contributed by atoms with van der Waals surface area (Å²) < 4.78 is 0. The van der Waals surface area contributed by atoms with Crippen LogP contribution in [0.15, 0.2) is 6.33 Å². The number of aromatic nitrogens is 3. The topological polar surface area (TPSA) is 111 Å². The van der Waals surface area contributed by atoms with Gasteiger partial charge in [-0.25, -0.2) is 9.78 Å². The lowest BCUT2D eigenvalue weighted by molar-refractivity contribution is -0.144. The van der Waals surface area contributed by atoms with Gasteiger partial charge in [0.15, 0.2) is 0 Å².